The first-order valence-corrected chi connectivity index (χ1v) is 11.1. The Balaban J connectivity index is 1.41. The lowest BCUT2D eigenvalue weighted by Gasteiger charge is -2.24. The normalized spacial score (nSPS) is 18.6. The van der Waals surface area contributed by atoms with Crippen LogP contribution in [0.15, 0.2) is 60.8 Å². The molecule has 0 amide bonds. The maximum atomic E-state index is 6.22. The molecular weight excluding hydrogens is 400 g/mol. The Morgan fingerprint density at radius 3 is 2.38 bits per heavy atom. The van der Waals surface area contributed by atoms with Crippen LogP contribution >= 0.6 is 0 Å². The molecule has 0 aliphatic heterocycles. The maximum absolute atomic E-state index is 6.22. The van der Waals surface area contributed by atoms with Gasteiger partial charge in [-0.15, -0.1) is 5.10 Å². The molecule has 0 saturated heterocycles. The molecule has 1 fully saturated rings. The van der Waals surface area contributed by atoms with Gasteiger partial charge in [-0.25, -0.2) is 9.50 Å². The smallest absolute Gasteiger partial charge is 0.177 e. The number of imidazole rings is 1. The zero-order chi connectivity index (χ0) is 22.1. The number of fused-ring (bicyclic) bond motifs is 1. The predicted octanol–water partition coefficient (Wildman–Crippen LogP) is 5.14. The van der Waals surface area contributed by atoms with Crippen molar-refractivity contribution in [2.75, 3.05) is 11.1 Å². The van der Waals surface area contributed by atoms with Crippen molar-refractivity contribution in [2.45, 2.75) is 44.6 Å². The van der Waals surface area contributed by atoms with Gasteiger partial charge in [-0.3, -0.25) is 0 Å². The number of ether oxygens (including phenoxy) is 1. The number of nitrogens with two attached hydrogens (primary N) is 2. The van der Waals surface area contributed by atoms with E-state index in [1.807, 2.05) is 67.7 Å². The van der Waals surface area contributed by atoms with Gasteiger partial charge in [0, 0.05) is 23.2 Å². The van der Waals surface area contributed by atoms with E-state index in [1.165, 1.54) is 0 Å². The minimum Gasteiger partial charge on any atom is -0.457 e. The van der Waals surface area contributed by atoms with E-state index >= 15 is 0 Å². The second-order valence-electron chi connectivity index (χ2n) is 8.50. The molecule has 5 rings (SSSR count). The van der Waals surface area contributed by atoms with E-state index in [9.17, 15) is 0 Å². The SMILES string of the molecule is Cc1c(N)nn2cc([C@H]3CC[C@@H](N)CC3)nc2c1Nc1ccc(Oc2ccccc2)cc1. The highest BCUT2D eigenvalue weighted by Crippen LogP contribution is 2.34. The van der Waals surface area contributed by atoms with Crippen molar-refractivity contribution in [3.05, 3.63) is 72.1 Å². The number of hydrogen-bond donors (Lipinski definition) is 3. The second-order valence-corrected chi connectivity index (χ2v) is 8.50. The topological polar surface area (TPSA) is 103 Å². The average molecular weight is 429 g/mol. The van der Waals surface area contributed by atoms with Gasteiger partial charge in [-0.2, -0.15) is 0 Å². The summed E-state index contributed by atoms with van der Waals surface area (Å²) in [5, 5.41) is 8.01. The molecule has 2 aromatic heterocycles. The third-order valence-corrected chi connectivity index (χ3v) is 6.20. The first-order chi connectivity index (χ1) is 15.6. The van der Waals surface area contributed by atoms with E-state index in [0.717, 1.165) is 65.5 Å². The summed E-state index contributed by atoms with van der Waals surface area (Å²) in [6.45, 7) is 1.96. The van der Waals surface area contributed by atoms with Crippen LogP contribution in [0.25, 0.3) is 5.65 Å². The summed E-state index contributed by atoms with van der Waals surface area (Å²) < 4.78 is 7.68. The Morgan fingerprint density at radius 2 is 1.66 bits per heavy atom. The van der Waals surface area contributed by atoms with Crippen LogP contribution in [0.3, 0.4) is 0 Å². The zero-order valence-electron chi connectivity index (χ0n) is 18.2. The first kappa shape index (κ1) is 20.3. The van der Waals surface area contributed by atoms with Crippen molar-refractivity contribution in [3.8, 4) is 11.5 Å². The largest absolute Gasteiger partial charge is 0.457 e. The highest BCUT2D eigenvalue weighted by atomic mass is 16.5. The number of aromatic nitrogens is 3. The molecule has 7 nitrogen and oxygen atoms in total. The molecule has 2 aromatic carbocycles. The van der Waals surface area contributed by atoms with Crippen LogP contribution in [0, 0.1) is 6.92 Å². The molecule has 1 saturated carbocycles. The third kappa shape index (κ3) is 4.11. The van der Waals surface area contributed by atoms with E-state index in [2.05, 4.69) is 10.4 Å². The lowest BCUT2D eigenvalue weighted by Crippen LogP contribution is -2.25. The van der Waals surface area contributed by atoms with Crippen molar-refractivity contribution >= 4 is 22.8 Å². The van der Waals surface area contributed by atoms with Gasteiger partial charge in [-0.1, -0.05) is 18.2 Å². The standard InChI is InChI=1S/C25H28N6O/c1-16-23(28-19-11-13-21(14-12-19)32-20-5-3-2-4-6-20)25-29-22(15-31(25)30-24(16)27)17-7-9-18(26)10-8-17/h2-6,11-15,17-18,28H,7-10,26H2,1H3,(H2,27,30)/t17-,18+. The summed E-state index contributed by atoms with van der Waals surface area (Å²) in [5.74, 6) is 2.48. The van der Waals surface area contributed by atoms with Crippen LogP contribution in [-0.2, 0) is 0 Å². The van der Waals surface area contributed by atoms with Crippen LogP contribution in [0.1, 0.15) is 42.9 Å². The summed E-state index contributed by atoms with van der Waals surface area (Å²) in [5.41, 5.74) is 16.8. The lowest BCUT2D eigenvalue weighted by molar-refractivity contribution is 0.391. The highest BCUT2D eigenvalue weighted by molar-refractivity contribution is 5.80. The van der Waals surface area contributed by atoms with Gasteiger partial charge in [0.25, 0.3) is 0 Å². The van der Waals surface area contributed by atoms with Crippen LogP contribution in [-0.4, -0.2) is 20.6 Å². The molecule has 1 aliphatic rings. The molecule has 7 heteroatoms. The fourth-order valence-electron chi connectivity index (χ4n) is 4.26. The molecule has 0 atom stereocenters. The fraction of sp³-hybridized carbons (Fsp3) is 0.280. The van der Waals surface area contributed by atoms with E-state index in [0.29, 0.717) is 17.8 Å². The van der Waals surface area contributed by atoms with Gasteiger partial charge < -0.3 is 21.5 Å². The van der Waals surface area contributed by atoms with Crippen LogP contribution in [0.2, 0.25) is 0 Å². The quantitative estimate of drug-likeness (QED) is 0.407. The van der Waals surface area contributed by atoms with Crippen LogP contribution in [0.5, 0.6) is 11.5 Å². The summed E-state index contributed by atoms with van der Waals surface area (Å²) in [7, 11) is 0. The molecule has 0 radical (unpaired) electrons. The summed E-state index contributed by atoms with van der Waals surface area (Å²) in [6, 6.07) is 17.9. The number of rotatable bonds is 5. The molecule has 0 spiro atoms. The number of anilines is 3. The van der Waals surface area contributed by atoms with E-state index < -0.39 is 0 Å². The van der Waals surface area contributed by atoms with Crippen LogP contribution in [0.4, 0.5) is 17.2 Å². The van der Waals surface area contributed by atoms with Crippen molar-refractivity contribution in [2.24, 2.45) is 5.73 Å². The van der Waals surface area contributed by atoms with Gasteiger partial charge in [-0.05, 0) is 69.0 Å². The van der Waals surface area contributed by atoms with Crippen molar-refractivity contribution in [1.82, 2.24) is 14.6 Å². The number of nitrogen functional groups attached to an aromatic ring is 1. The predicted molar refractivity (Wildman–Crippen MR) is 128 cm³/mol. The third-order valence-electron chi connectivity index (χ3n) is 6.20. The Morgan fingerprint density at radius 1 is 0.969 bits per heavy atom. The van der Waals surface area contributed by atoms with Gasteiger partial charge in [0.15, 0.2) is 5.65 Å². The van der Waals surface area contributed by atoms with Crippen molar-refractivity contribution in [1.29, 1.82) is 0 Å². The number of benzene rings is 2. The Labute approximate surface area is 187 Å². The fourth-order valence-corrected chi connectivity index (χ4v) is 4.26. The molecule has 5 N–H and O–H groups in total. The summed E-state index contributed by atoms with van der Waals surface area (Å²) in [4.78, 5) is 4.95. The van der Waals surface area contributed by atoms with Gasteiger partial charge >= 0.3 is 0 Å². The molecule has 1 aliphatic carbocycles. The minimum atomic E-state index is 0.311. The molecule has 2 heterocycles. The number of nitrogens with zero attached hydrogens (tertiary/aromatic N) is 3. The lowest BCUT2D eigenvalue weighted by atomic mass is 9.85. The molecule has 4 aromatic rings. The number of para-hydroxylation sites is 1. The summed E-state index contributed by atoms with van der Waals surface area (Å²) in [6.07, 6.45) is 6.20. The monoisotopic (exact) mass is 428 g/mol. The Hall–Kier alpha value is -3.58. The Bertz CT molecular complexity index is 1210. The molecule has 32 heavy (non-hydrogen) atoms. The van der Waals surface area contributed by atoms with Crippen LogP contribution < -0.4 is 21.5 Å². The summed E-state index contributed by atoms with van der Waals surface area (Å²) >= 11 is 0. The number of nitrogens with one attached hydrogen (secondary N) is 1. The number of hydrogen-bond acceptors (Lipinski definition) is 6. The molecule has 164 valence electrons. The van der Waals surface area contributed by atoms with Gasteiger partial charge in [0.05, 0.1) is 17.6 Å². The van der Waals surface area contributed by atoms with Gasteiger partial charge in [0.1, 0.15) is 17.3 Å². The zero-order valence-corrected chi connectivity index (χ0v) is 18.2. The highest BCUT2D eigenvalue weighted by Gasteiger charge is 2.24. The Kier molecular flexibility index (Phi) is 5.41. The van der Waals surface area contributed by atoms with E-state index in [1.54, 1.807) is 4.52 Å². The second kappa shape index (κ2) is 8.51. The van der Waals surface area contributed by atoms with Crippen molar-refractivity contribution < 1.29 is 4.74 Å². The average Bonchev–Trinajstić information content (AvgIpc) is 3.23. The molecule has 0 bridgehead atoms. The molecular formula is C25H28N6O. The van der Waals surface area contributed by atoms with Gasteiger partial charge in [0.2, 0.25) is 0 Å². The van der Waals surface area contributed by atoms with E-state index in [4.69, 9.17) is 21.2 Å². The van der Waals surface area contributed by atoms with Crippen molar-refractivity contribution in [3.63, 3.8) is 0 Å². The molecule has 0 unspecified atom stereocenters. The maximum Gasteiger partial charge on any atom is 0.177 e. The first-order valence-electron chi connectivity index (χ1n) is 11.1. The minimum absolute atomic E-state index is 0.311. The van der Waals surface area contributed by atoms with E-state index in [-0.39, 0.29) is 0 Å².